The van der Waals surface area contributed by atoms with Crippen molar-refractivity contribution in [3.63, 3.8) is 0 Å². The monoisotopic (exact) mass is 665 g/mol. The predicted octanol–water partition coefficient (Wildman–Crippen LogP) is 7.45. The summed E-state index contributed by atoms with van der Waals surface area (Å²) in [7, 11) is 0. The molecule has 2 heterocycles. The standard InChI is InChI=1S/C36H31N3O6S2/c1-3-44-29-19-25(15-18-28(29)40)31-30(32(41)24-13-16-27(17-14-24)45-20-26-12-8-7-9-22(26)2)33(42)34(43)39(31)35-37-38-36(47-35)46-21-23-10-5-4-6-11-23/h4-19,31,40-41H,3,20-21H2,1-2H3. The summed E-state index contributed by atoms with van der Waals surface area (Å²) in [4.78, 5) is 28.6. The van der Waals surface area contributed by atoms with Crippen molar-refractivity contribution in [3.05, 3.63) is 130 Å². The fourth-order valence-corrected chi connectivity index (χ4v) is 7.02. The van der Waals surface area contributed by atoms with Crippen LogP contribution in [0.1, 0.15) is 40.8 Å². The number of hydrogen-bond donors (Lipinski definition) is 2. The number of hydrogen-bond acceptors (Lipinski definition) is 10. The van der Waals surface area contributed by atoms with Crippen LogP contribution in [0.2, 0.25) is 0 Å². The van der Waals surface area contributed by atoms with Gasteiger partial charge in [-0.3, -0.25) is 14.5 Å². The van der Waals surface area contributed by atoms with Crippen LogP contribution >= 0.6 is 23.1 Å². The highest BCUT2D eigenvalue weighted by molar-refractivity contribution is 8.00. The number of phenolic OH excluding ortho intramolecular Hbond substituents is 1. The van der Waals surface area contributed by atoms with Crippen molar-refractivity contribution in [3.8, 4) is 17.2 Å². The number of Topliss-reactive ketones (excluding diaryl/α,β-unsaturated/α-hetero) is 1. The van der Waals surface area contributed by atoms with Crippen molar-refractivity contribution >= 4 is 45.7 Å². The summed E-state index contributed by atoms with van der Waals surface area (Å²) in [5.74, 6) is -0.750. The quantitative estimate of drug-likeness (QED) is 0.0487. The van der Waals surface area contributed by atoms with Crippen LogP contribution in [-0.2, 0) is 21.9 Å². The Kier molecular flexibility index (Phi) is 9.55. The van der Waals surface area contributed by atoms with Crippen LogP contribution in [0, 0.1) is 6.92 Å². The number of aliphatic hydroxyl groups is 1. The number of phenols is 1. The third kappa shape index (κ3) is 6.86. The van der Waals surface area contributed by atoms with Gasteiger partial charge in [-0.2, -0.15) is 0 Å². The van der Waals surface area contributed by atoms with E-state index in [0.717, 1.165) is 16.7 Å². The molecular formula is C36H31N3O6S2. The number of amides is 1. The Morgan fingerprint density at radius 3 is 2.43 bits per heavy atom. The molecule has 1 aromatic heterocycles. The maximum absolute atomic E-state index is 13.7. The third-order valence-corrected chi connectivity index (χ3v) is 9.76. The molecule has 1 fully saturated rings. The fraction of sp³-hybridized carbons (Fsp3) is 0.167. The maximum atomic E-state index is 13.7. The van der Waals surface area contributed by atoms with Crippen LogP contribution in [0.3, 0.4) is 0 Å². The number of aromatic hydroxyl groups is 1. The van der Waals surface area contributed by atoms with Gasteiger partial charge in [-0.15, -0.1) is 10.2 Å². The minimum Gasteiger partial charge on any atom is -0.507 e. The first-order valence-electron chi connectivity index (χ1n) is 14.9. The van der Waals surface area contributed by atoms with E-state index in [1.807, 2.05) is 61.5 Å². The molecule has 1 saturated heterocycles. The number of aliphatic hydroxyl groups excluding tert-OH is 1. The average molecular weight is 666 g/mol. The zero-order valence-corrected chi connectivity index (χ0v) is 27.3. The summed E-state index contributed by atoms with van der Waals surface area (Å²) >= 11 is 2.65. The lowest BCUT2D eigenvalue weighted by Gasteiger charge is -2.23. The summed E-state index contributed by atoms with van der Waals surface area (Å²) in [5, 5.41) is 30.8. The number of carbonyl (C=O) groups excluding carboxylic acids is 2. The van der Waals surface area contributed by atoms with Gasteiger partial charge in [0.1, 0.15) is 18.1 Å². The van der Waals surface area contributed by atoms with Gasteiger partial charge in [0.2, 0.25) is 5.13 Å². The number of carbonyl (C=O) groups is 2. The van der Waals surface area contributed by atoms with Gasteiger partial charge in [-0.05, 0) is 72.5 Å². The van der Waals surface area contributed by atoms with Crippen LogP contribution in [0.4, 0.5) is 5.13 Å². The van der Waals surface area contributed by atoms with Gasteiger partial charge < -0.3 is 19.7 Å². The van der Waals surface area contributed by atoms with Crippen molar-refractivity contribution in [1.29, 1.82) is 0 Å². The van der Waals surface area contributed by atoms with Crippen molar-refractivity contribution in [2.75, 3.05) is 11.5 Å². The maximum Gasteiger partial charge on any atom is 0.301 e. The number of benzene rings is 4. The normalized spacial score (nSPS) is 15.6. The van der Waals surface area contributed by atoms with Gasteiger partial charge in [0, 0.05) is 11.3 Å². The molecule has 1 unspecified atom stereocenters. The number of aromatic nitrogens is 2. The van der Waals surface area contributed by atoms with E-state index < -0.39 is 17.7 Å². The number of anilines is 1. The van der Waals surface area contributed by atoms with E-state index in [4.69, 9.17) is 9.47 Å². The summed E-state index contributed by atoms with van der Waals surface area (Å²) in [6.45, 7) is 4.46. The molecule has 1 aliphatic heterocycles. The molecule has 238 valence electrons. The van der Waals surface area contributed by atoms with Crippen molar-refractivity contribution < 1.29 is 29.3 Å². The molecular weight excluding hydrogens is 635 g/mol. The molecule has 2 N–H and O–H groups in total. The van der Waals surface area contributed by atoms with Crippen LogP contribution in [-0.4, -0.2) is 38.7 Å². The first kappa shape index (κ1) is 31.8. The Hall–Kier alpha value is -5.13. The third-order valence-electron chi connectivity index (χ3n) is 7.63. The second-order valence-corrected chi connectivity index (χ2v) is 12.9. The summed E-state index contributed by atoms with van der Waals surface area (Å²) in [5.41, 5.74) is 3.93. The largest absolute Gasteiger partial charge is 0.507 e. The molecule has 5 aromatic rings. The molecule has 4 aromatic carbocycles. The highest BCUT2D eigenvalue weighted by atomic mass is 32.2. The minimum atomic E-state index is -1.06. The lowest BCUT2D eigenvalue weighted by atomic mass is 9.95. The van der Waals surface area contributed by atoms with Crippen molar-refractivity contribution in [2.45, 2.75) is 36.6 Å². The number of ether oxygens (including phenoxy) is 2. The first-order valence-corrected chi connectivity index (χ1v) is 16.7. The van der Waals surface area contributed by atoms with Gasteiger partial charge in [0.05, 0.1) is 18.2 Å². The minimum absolute atomic E-state index is 0.0932. The van der Waals surface area contributed by atoms with E-state index in [1.54, 1.807) is 43.3 Å². The zero-order valence-electron chi connectivity index (χ0n) is 25.6. The molecule has 9 nitrogen and oxygen atoms in total. The number of aryl methyl sites for hydroxylation is 1. The molecule has 1 amide bonds. The van der Waals surface area contributed by atoms with Crippen molar-refractivity contribution in [2.24, 2.45) is 0 Å². The second-order valence-electron chi connectivity index (χ2n) is 10.7. The van der Waals surface area contributed by atoms with E-state index in [-0.39, 0.29) is 34.6 Å². The lowest BCUT2D eigenvalue weighted by molar-refractivity contribution is -0.132. The molecule has 11 heteroatoms. The molecule has 1 atom stereocenters. The first-order chi connectivity index (χ1) is 22.8. The van der Waals surface area contributed by atoms with Gasteiger partial charge in [-0.25, -0.2) is 0 Å². The summed E-state index contributed by atoms with van der Waals surface area (Å²) in [6.07, 6.45) is 0. The van der Waals surface area contributed by atoms with Gasteiger partial charge in [-0.1, -0.05) is 83.8 Å². The molecule has 0 radical (unpaired) electrons. The molecule has 1 aliphatic rings. The number of rotatable bonds is 11. The number of ketones is 1. The molecule has 0 aliphatic carbocycles. The highest BCUT2D eigenvalue weighted by Gasteiger charge is 2.48. The van der Waals surface area contributed by atoms with Crippen LogP contribution < -0.4 is 14.4 Å². The smallest absolute Gasteiger partial charge is 0.301 e. The Morgan fingerprint density at radius 1 is 0.936 bits per heavy atom. The predicted molar refractivity (Wildman–Crippen MR) is 182 cm³/mol. The Morgan fingerprint density at radius 2 is 1.68 bits per heavy atom. The van der Waals surface area contributed by atoms with E-state index in [2.05, 4.69) is 10.2 Å². The molecule has 0 bridgehead atoms. The van der Waals surface area contributed by atoms with Crippen LogP contribution in [0.15, 0.2) is 107 Å². The summed E-state index contributed by atoms with van der Waals surface area (Å²) < 4.78 is 12.2. The number of nitrogens with zero attached hydrogens (tertiary/aromatic N) is 3. The van der Waals surface area contributed by atoms with E-state index in [0.29, 0.717) is 33.6 Å². The van der Waals surface area contributed by atoms with E-state index in [1.165, 1.54) is 34.1 Å². The molecule has 6 rings (SSSR count). The Balaban J connectivity index is 1.34. The molecule has 0 saturated carbocycles. The fourth-order valence-electron chi connectivity index (χ4n) is 5.19. The van der Waals surface area contributed by atoms with Gasteiger partial charge >= 0.3 is 5.91 Å². The van der Waals surface area contributed by atoms with Gasteiger partial charge in [0.15, 0.2) is 15.8 Å². The molecule has 0 spiro atoms. The SMILES string of the molecule is CCOc1cc(C2C(=C(O)c3ccc(OCc4ccccc4C)cc3)C(=O)C(=O)N2c2nnc(SCc3ccccc3)s2)ccc1O. The Bertz CT molecular complexity index is 1940. The second kappa shape index (κ2) is 14.1. The average Bonchev–Trinajstić information content (AvgIpc) is 3.66. The van der Waals surface area contributed by atoms with Crippen LogP contribution in [0.25, 0.3) is 5.76 Å². The molecule has 47 heavy (non-hydrogen) atoms. The van der Waals surface area contributed by atoms with Crippen molar-refractivity contribution in [1.82, 2.24) is 10.2 Å². The highest BCUT2D eigenvalue weighted by Crippen LogP contribution is 2.45. The van der Waals surface area contributed by atoms with E-state index >= 15 is 0 Å². The zero-order chi connectivity index (χ0) is 32.9. The van der Waals surface area contributed by atoms with Gasteiger partial charge in [0.25, 0.3) is 5.78 Å². The topological polar surface area (TPSA) is 122 Å². The Labute approximate surface area is 280 Å². The summed E-state index contributed by atoms with van der Waals surface area (Å²) in [6, 6.07) is 28.0. The number of thioether (sulfide) groups is 1. The van der Waals surface area contributed by atoms with Crippen LogP contribution in [0.5, 0.6) is 17.2 Å². The lowest BCUT2D eigenvalue weighted by Crippen LogP contribution is -2.29. The van der Waals surface area contributed by atoms with E-state index in [9.17, 15) is 19.8 Å².